The zero-order chi connectivity index (χ0) is 15.2. The molecule has 3 N–H and O–H groups in total. The number of likely N-dealkylation sites (tertiary alicyclic amines) is 1. The Kier molecular flexibility index (Phi) is 5.16. The highest BCUT2D eigenvalue weighted by atomic mass is 16.5. The maximum absolute atomic E-state index is 12.5. The molecule has 0 bridgehead atoms. The van der Waals surface area contributed by atoms with Crippen LogP contribution >= 0.6 is 0 Å². The number of amidine groups is 1. The molecule has 0 unspecified atom stereocenters. The van der Waals surface area contributed by atoms with E-state index in [0.717, 1.165) is 12.8 Å². The maximum Gasteiger partial charge on any atom is 0.253 e. The molecule has 1 aliphatic heterocycles. The molecule has 1 fully saturated rings. The third kappa shape index (κ3) is 3.72. The summed E-state index contributed by atoms with van der Waals surface area (Å²) in [4.78, 5) is 14.3. The zero-order valence-electron chi connectivity index (χ0n) is 12.2. The van der Waals surface area contributed by atoms with E-state index in [1.165, 1.54) is 0 Å². The molecule has 0 aromatic heterocycles. The van der Waals surface area contributed by atoms with Gasteiger partial charge in [-0.2, -0.15) is 0 Å². The number of piperidine rings is 1. The summed E-state index contributed by atoms with van der Waals surface area (Å²) in [6.07, 6.45) is 1.97. The molecule has 0 spiro atoms. The summed E-state index contributed by atoms with van der Waals surface area (Å²) >= 11 is 0. The van der Waals surface area contributed by atoms with Crippen molar-refractivity contribution in [2.45, 2.75) is 25.9 Å². The normalized spacial score (nSPS) is 17.0. The highest BCUT2D eigenvalue weighted by Crippen LogP contribution is 2.17. The highest BCUT2D eigenvalue weighted by molar-refractivity contribution is 6.01. The highest BCUT2D eigenvalue weighted by Gasteiger charge is 2.23. The molecule has 2 rings (SSSR count). The van der Waals surface area contributed by atoms with Gasteiger partial charge in [0.25, 0.3) is 5.91 Å². The predicted octanol–water partition coefficient (Wildman–Crippen LogP) is 1.42. The van der Waals surface area contributed by atoms with Gasteiger partial charge < -0.3 is 20.6 Å². The smallest absolute Gasteiger partial charge is 0.253 e. The Labute approximate surface area is 124 Å². The van der Waals surface area contributed by atoms with Crippen LogP contribution in [-0.2, 0) is 4.74 Å². The van der Waals surface area contributed by atoms with Crippen molar-refractivity contribution in [1.82, 2.24) is 4.90 Å². The van der Waals surface area contributed by atoms with Crippen molar-refractivity contribution in [3.8, 4) is 0 Å². The lowest BCUT2D eigenvalue weighted by molar-refractivity contribution is 0.0146. The minimum Gasteiger partial charge on any atom is -0.409 e. The molecule has 1 heterocycles. The van der Waals surface area contributed by atoms with Gasteiger partial charge in [0.2, 0.25) is 0 Å². The first-order valence-electron chi connectivity index (χ1n) is 7.14. The van der Waals surface area contributed by atoms with Gasteiger partial charge in [0.05, 0.1) is 6.10 Å². The minimum absolute atomic E-state index is 0.000274. The topological polar surface area (TPSA) is 88.2 Å². The van der Waals surface area contributed by atoms with Crippen molar-refractivity contribution in [3.05, 3.63) is 35.4 Å². The first kappa shape index (κ1) is 15.3. The minimum atomic E-state index is -0.0301. The van der Waals surface area contributed by atoms with E-state index >= 15 is 0 Å². The Morgan fingerprint density at radius 1 is 1.43 bits per heavy atom. The Morgan fingerprint density at radius 3 is 2.71 bits per heavy atom. The molecule has 0 radical (unpaired) electrons. The SMILES string of the molecule is CCOC1CCN(C(=O)c2cccc(C(N)=NO)c2)CC1. The molecule has 0 saturated carbocycles. The lowest BCUT2D eigenvalue weighted by Gasteiger charge is -2.31. The number of benzene rings is 1. The second-order valence-electron chi connectivity index (χ2n) is 5.01. The van der Waals surface area contributed by atoms with Crippen molar-refractivity contribution >= 4 is 11.7 Å². The Balaban J connectivity index is 2.04. The predicted molar refractivity (Wildman–Crippen MR) is 79.5 cm³/mol. The van der Waals surface area contributed by atoms with Gasteiger partial charge in [0, 0.05) is 30.8 Å². The Bertz CT molecular complexity index is 523. The molecule has 0 atom stereocenters. The fourth-order valence-electron chi connectivity index (χ4n) is 2.51. The summed E-state index contributed by atoms with van der Waals surface area (Å²) in [7, 11) is 0. The van der Waals surface area contributed by atoms with E-state index < -0.39 is 0 Å². The molecule has 0 aliphatic carbocycles. The largest absolute Gasteiger partial charge is 0.409 e. The Hall–Kier alpha value is -2.08. The van der Waals surface area contributed by atoms with E-state index in [1.807, 2.05) is 11.8 Å². The van der Waals surface area contributed by atoms with Crippen molar-refractivity contribution < 1.29 is 14.7 Å². The number of carbonyl (C=O) groups excluding carboxylic acids is 1. The quantitative estimate of drug-likeness (QED) is 0.380. The molecular weight excluding hydrogens is 270 g/mol. The van der Waals surface area contributed by atoms with Crippen molar-refractivity contribution in [1.29, 1.82) is 0 Å². The molecule has 1 aromatic rings. The van der Waals surface area contributed by atoms with Crippen LogP contribution in [0.3, 0.4) is 0 Å². The molecule has 114 valence electrons. The van der Waals surface area contributed by atoms with Gasteiger partial charge in [0.1, 0.15) is 0 Å². The number of nitrogens with two attached hydrogens (primary N) is 1. The van der Waals surface area contributed by atoms with Crippen LogP contribution in [0.1, 0.15) is 35.7 Å². The van der Waals surface area contributed by atoms with Gasteiger partial charge in [0.15, 0.2) is 5.84 Å². The third-order valence-corrected chi connectivity index (χ3v) is 3.64. The van der Waals surface area contributed by atoms with E-state index in [1.54, 1.807) is 24.3 Å². The number of oxime groups is 1. The number of ether oxygens (including phenoxy) is 1. The fraction of sp³-hybridized carbons (Fsp3) is 0.467. The fourth-order valence-corrected chi connectivity index (χ4v) is 2.51. The molecule has 6 nitrogen and oxygen atoms in total. The van der Waals surface area contributed by atoms with E-state index in [4.69, 9.17) is 15.7 Å². The second-order valence-corrected chi connectivity index (χ2v) is 5.01. The molecule has 1 aromatic carbocycles. The Morgan fingerprint density at radius 2 is 2.10 bits per heavy atom. The standard InChI is InChI=1S/C15H21N3O3/c1-2-21-13-6-8-18(9-7-13)15(19)12-5-3-4-11(10-12)14(16)17-20/h3-5,10,13,20H,2,6-9H2,1H3,(H2,16,17). The summed E-state index contributed by atoms with van der Waals surface area (Å²) in [5.74, 6) is -0.0303. The third-order valence-electron chi connectivity index (χ3n) is 3.64. The number of hydrogen-bond acceptors (Lipinski definition) is 4. The van der Waals surface area contributed by atoms with E-state index in [-0.39, 0.29) is 17.8 Å². The van der Waals surface area contributed by atoms with Gasteiger partial charge in [-0.05, 0) is 31.9 Å². The number of hydrogen-bond donors (Lipinski definition) is 2. The van der Waals surface area contributed by atoms with Gasteiger partial charge in [-0.3, -0.25) is 4.79 Å². The summed E-state index contributed by atoms with van der Waals surface area (Å²) in [5.41, 5.74) is 6.64. The van der Waals surface area contributed by atoms with Crippen LogP contribution in [0.4, 0.5) is 0 Å². The number of nitrogens with zero attached hydrogens (tertiary/aromatic N) is 2. The number of carbonyl (C=O) groups is 1. The van der Waals surface area contributed by atoms with Crippen LogP contribution in [0.25, 0.3) is 0 Å². The average Bonchev–Trinajstić information content (AvgIpc) is 2.54. The van der Waals surface area contributed by atoms with Crippen molar-refractivity contribution in [3.63, 3.8) is 0 Å². The molecule has 6 heteroatoms. The number of rotatable bonds is 4. The lowest BCUT2D eigenvalue weighted by Crippen LogP contribution is -2.41. The first-order chi connectivity index (χ1) is 10.2. The summed E-state index contributed by atoms with van der Waals surface area (Å²) in [5, 5.41) is 11.7. The average molecular weight is 291 g/mol. The molecule has 1 saturated heterocycles. The van der Waals surface area contributed by atoms with Crippen LogP contribution < -0.4 is 5.73 Å². The van der Waals surface area contributed by atoms with Crippen molar-refractivity contribution in [2.24, 2.45) is 10.9 Å². The maximum atomic E-state index is 12.5. The van der Waals surface area contributed by atoms with Crippen LogP contribution in [0.15, 0.2) is 29.4 Å². The van der Waals surface area contributed by atoms with Crippen LogP contribution in [0, 0.1) is 0 Å². The van der Waals surface area contributed by atoms with E-state index in [9.17, 15) is 4.79 Å². The number of amides is 1. The van der Waals surface area contributed by atoms with Gasteiger partial charge >= 0.3 is 0 Å². The van der Waals surface area contributed by atoms with Gasteiger partial charge in [-0.25, -0.2) is 0 Å². The zero-order valence-corrected chi connectivity index (χ0v) is 12.2. The van der Waals surface area contributed by atoms with Crippen molar-refractivity contribution in [2.75, 3.05) is 19.7 Å². The summed E-state index contributed by atoms with van der Waals surface area (Å²) in [6.45, 7) is 4.07. The molecular formula is C15H21N3O3. The first-order valence-corrected chi connectivity index (χ1v) is 7.14. The summed E-state index contributed by atoms with van der Waals surface area (Å²) < 4.78 is 5.58. The monoisotopic (exact) mass is 291 g/mol. The molecule has 1 amide bonds. The molecule has 1 aliphatic rings. The van der Waals surface area contributed by atoms with Gasteiger partial charge in [-0.1, -0.05) is 17.3 Å². The van der Waals surface area contributed by atoms with Crippen LogP contribution in [0.5, 0.6) is 0 Å². The second kappa shape index (κ2) is 7.08. The lowest BCUT2D eigenvalue weighted by atomic mass is 10.0. The van der Waals surface area contributed by atoms with E-state index in [0.29, 0.717) is 30.8 Å². The van der Waals surface area contributed by atoms with Gasteiger partial charge in [-0.15, -0.1) is 0 Å². The summed E-state index contributed by atoms with van der Waals surface area (Å²) in [6, 6.07) is 6.82. The molecule has 21 heavy (non-hydrogen) atoms. The van der Waals surface area contributed by atoms with Crippen LogP contribution in [0.2, 0.25) is 0 Å². The van der Waals surface area contributed by atoms with E-state index in [2.05, 4.69) is 5.16 Å². The van der Waals surface area contributed by atoms with Crippen LogP contribution in [-0.4, -0.2) is 47.7 Å².